The molecule has 0 saturated carbocycles. The molecule has 0 spiro atoms. The predicted octanol–water partition coefficient (Wildman–Crippen LogP) is 0.153. The number of fused-ring (bicyclic) bond motifs is 1. The van der Waals surface area contributed by atoms with E-state index in [1.54, 1.807) is 6.20 Å². The lowest BCUT2D eigenvalue weighted by molar-refractivity contribution is 1.10. The minimum atomic E-state index is 0.633. The number of aromatic nitrogens is 4. The maximum atomic E-state index is 3.88. The molecule has 2 aromatic rings. The predicted molar refractivity (Wildman–Crippen MR) is 30.5 cm³/mol. The third-order valence-electron chi connectivity index (χ3n) is 1.03. The van der Waals surface area contributed by atoms with Gasteiger partial charge < -0.3 is 0 Å². The first kappa shape index (κ1) is 4.43. The summed E-state index contributed by atoms with van der Waals surface area (Å²) in [5.74, 6) is 0. The van der Waals surface area contributed by atoms with Crippen molar-refractivity contribution in [1.82, 2.24) is 20.2 Å². The standard InChI is InChI=1S/C5H3N4/c1-2-7-5-4(6-1)3-8-9-5/h2-3H,(H,7,8,9). The zero-order valence-corrected chi connectivity index (χ0v) is 4.50. The molecule has 0 unspecified atom stereocenters. The molecule has 0 aliphatic carbocycles. The third-order valence-corrected chi connectivity index (χ3v) is 1.03. The molecule has 0 amide bonds. The van der Waals surface area contributed by atoms with E-state index in [1.165, 1.54) is 6.20 Å². The van der Waals surface area contributed by atoms with Crippen LogP contribution < -0.4 is 0 Å². The number of H-pyrrole nitrogens is 1. The summed E-state index contributed by atoms with van der Waals surface area (Å²) in [6, 6.07) is 0. The van der Waals surface area contributed by atoms with Gasteiger partial charge in [-0.1, -0.05) is 0 Å². The molecule has 0 aliphatic rings. The Labute approximate surface area is 50.9 Å². The molecule has 0 saturated heterocycles. The topological polar surface area (TPSA) is 54.5 Å². The summed E-state index contributed by atoms with van der Waals surface area (Å²) >= 11 is 0. The number of rotatable bonds is 0. The van der Waals surface area contributed by atoms with Crippen LogP contribution in [0, 0.1) is 6.20 Å². The van der Waals surface area contributed by atoms with Crippen LogP contribution in [0.2, 0.25) is 0 Å². The highest BCUT2D eigenvalue weighted by Gasteiger charge is 1.92. The van der Waals surface area contributed by atoms with Crippen molar-refractivity contribution in [1.29, 1.82) is 0 Å². The van der Waals surface area contributed by atoms with Crippen LogP contribution >= 0.6 is 0 Å². The Bertz CT molecular complexity index is 283. The molecule has 1 radical (unpaired) electrons. The summed E-state index contributed by atoms with van der Waals surface area (Å²) in [4.78, 5) is 7.74. The third kappa shape index (κ3) is 0.561. The Kier molecular flexibility index (Phi) is 0.745. The second kappa shape index (κ2) is 1.51. The van der Waals surface area contributed by atoms with Crippen molar-refractivity contribution in [2.24, 2.45) is 0 Å². The minimum absolute atomic E-state index is 0.633. The lowest BCUT2D eigenvalue weighted by atomic mass is 10.6. The van der Waals surface area contributed by atoms with Crippen LogP contribution in [0.3, 0.4) is 0 Å². The van der Waals surface area contributed by atoms with Crippen LogP contribution in [0.4, 0.5) is 0 Å². The Balaban J connectivity index is 2.95. The molecular formula is C5H3N4. The van der Waals surface area contributed by atoms with Gasteiger partial charge in [0.2, 0.25) is 0 Å². The highest BCUT2D eigenvalue weighted by molar-refractivity contribution is 5.67. The summed E-state index contributed by atoms with van der Waals surface area (Å²) < 4.78 is 0. The fraction of sp³-hybridized carbons (Fsp3) is 0. The number of nitrogens with one attached hydrogen (secondary N) is 1. The first-order valence-electron chi connectivity index (χ1n) is 2.49. The number of aromatic amines is 1. The van der Waals surface area contributed by atoms with Gasteiger partial charge in [0, 0.05) is 6.20 Å². The van der Waals surface area contributed by atoms with Crippen LogP contribution in [-0.2, 0) is 0 Å². The quantitative estimate of drug-likeness (QED) is 0.537. The average Bonchev–Trinajstić information content (AvgIpc) is 2.33. The van der Waals surface area contributed by atoms with E-state index in [1.807, 2.05) is 0 Å². The monoisotopic (exact) mass is 119 g/mol. The number of nitrogens with zero attached hydrogens (tertiary/aromatic N) is 3. The van der Waals surface area contributed by atoms with Gasteiger partial charge >= 0.3 is 0 Å². The van der Waals surface area contributed by atoms with E-state index >= 15 is 0 Å². The SMILES string of the molecule is [c]1cnc2n[nH]cc2n1. The van der Waals surface area contributed by atoms with Gasteiger partial charge in [0.05, 0.1) is 6.20 Å². The summed E-state index contributed by atoms with van der Waals surface area (Å²) in [6.07, 6.45) is 5.77. The van der Waals surface area contributed by atoms with E-state index in [9.17, 15) is 0 Å². The minimum Gasteiger partial charge on any atom is -0.281 e. The van der Waals surface area contributed by atoms with E-state index in [-0.39, 0.29) is 0 Å². The summed E-state index contributed by atoms with van der Waals surface area (Å²) in [6.45, 7) is 0. The van der Waals surface area contributed by atoms with Crippen LogP contribution in [0.1, 0.15) is 0 Å². The molecule has 4 heteroatoms. The fourth-order valence-corrected chi connectivity index (χ4v) is 0.642. The van der Waals surface area contributed by atoms with E-state index < -0.39 is 0 Å². The molecule has 43 valence electrons. The molecule has 0 bridgehead atoms. The van der Waals surface area contributed by atoms with Crippen molar-refractivity contribution in [3.05, 3.63) is 18.6 Å². The molecule has 2 aromatic heterocycles. The molecule has 0 atom stereocenters. The Hall–Kier alpha value is -1.45. The number of hydrogen-bond acceptors (Lipinski definition) is 3. The van der Waals surface area contributed by atoms with Crippen molar-refractivity contribution in [2.75, 3.05) is 0 Å². The maximum absolute atomic E-state index is 3.88. The van der Waals surface area contributed by atoms with Gasteiger partial charge in [0.15, 0.2) is 5.65 Å². The first-order chi connectivity index (χ1) is 4.47. The zero-order chi connectivity index (χ0) is 6.10. The van der Waals surface area contributed by atoms with E-state index in [2.05, 4.69) is 26.4 Å². The van der Waals surface area contributed by atoms with Gasteiger partial charge in [-0.05, 0) is 0 Å². The highest BCUT2D eigenvalue weighted by Crippen LogP contribution is 1.98. The van der Waals surface area contributed by atoms with Crippen molar-refractivity contribution in [3.8, 4) is 0 Å². The average molecular weight is 119 g/mol. The molecular weight excluding hydrogens is 116 g/mol. The van der Waals surface area contributed by atoms with Gasteiger partial charge in [0.25, 0.3) is 0 Å². The Morgan fingerprint density at radius 1 is 1.56 bits per heavy atom. The van der Waals surface area contributed by atoms with Crippen molar-refractivity contribution < 1.29 is 0 Å². The smallest absolute Gasteiger partial charge is 0.199 e. The maximum Gasteiger partial charge on any atom is 0.199 e. The van der Waals surface area contributed by atoms with Crippen LogP contribution in [0.25, 0.3) is 11.2 Å². The largest absolute Gasteiger partial charge is 0.281 e. The van der Waals surface area contributed by atoms with Crippen molar-refractivity contribution >= 4 is 11.2 Å². The first-order valence-corrected chi connectivity index (χ1v) is 2.49. The molecule has 2 heterocycles. The van der Waals surface area contributed by atoms with Gasteiger partial charge in [-0.3, -0.25) is 5.10 Å². The van der Waals surface area contributed by atoms with E-state index in [0.717, 1.165) is 5.52 Å². The molecule has 9 heavy (non-hydrogen) atoms. The normalized spacial score (nSPS) is 10.2. The van der Waals surface area contributed by atoms with Crippen LogP contribution in [-0.4, -0.2) is 20.2 Å². The second-order valence-corrected chi connectivity index (χ2v) is 1.59. The van der Waals surface area contributed by atoms with Crippen molar-refractivity contribution in [3.63, 3.8) is 0 Å². The van der Waals surface area contributed by atoms with E-state index in [0.29, 0.717) is 5.65 Å². The van der Waals surface area contributed by atoms with Gasteiger partial charge in [-0.25, -0.2) is 9.97 Å². The Morgan fingerprint density at radius 2 is 2.56 bits per heavy atom. The molecule has 4 nitrogen and oxygen atoms in total. The van der Waals surface area contributed by atoms with Crippen LogP contribution in [0.15, 0.2) is 12.4 Å². The summed E-state index contributed by atoms with van der Waals surface area (Å²) in [5, 5.41) is 6.44. The molecule has 2 rings (SSSR count). The van der Waals surface area contributed by atoms with Gasteiger partial charge in [-0.15, -0.1) is 0 Å². The van der Waals surface area contributed by atoms with E-state index in [4.69, 9.17) is 0 Å². The molecule has 1 N–H and O–H groups in total. The zero-order valence-electron chi connectivity index (χ0n) is 4.50. The molecule has 0 aromatic carbocycles. The van der Waals surface area contributed by atoms with Crippen LogP contribution in [0.5, 0.6) is 0 Å². The van der Waals surface area contributed by atoms with Gasteiger partial charge in [-0.2, -0.15) is 5.10 Å². The fourth-order valence-electron chi connectivity index (χ4n) is 0.642. The lowest BCUT2D eigenvalue weighted by Gasteiger charge is -1.78. The van der Waals surface area contributed by atoms with Crippen molar-refractivity contribution in [2.45, 2.75) is 0 Å². The summed E-state index contributed by atoms with van der Waals surface area (Å²) in [7, 11) is 0. The summed E-state index contributed by atoms with van der Waals surface area (Å²) in [5.41, 5.74) is 1.38. The second-order valence-electron chi connectivity index (χ2n) is 1.59. The molecule has 0 aliphatic heterocycles. The Morgan fingerprint density at radius 3 is 3.44 bits per heavy atom. The lowest BCUT2D eigenvalue weighted by Crippen LogP contribution is -1.76. The van der Waals surface area contributed by atoms with Gasteiger partial charge in [0.1, 0.15) is 11.7 Å². The molecule has 0 fully saturated rings. The highest BCUT2D eigenvalue weighted by atomic mass is 15.1. The number of hydrogen-bond donors (Lipinski definition) is 1.